The summed E-state index contributed by atoms with van der Waals surface area (Å²) in [5.41, 5.74) is 14.5. The molecule has 15 nitrogen and oxygen atoms in total. The van der Waals surface area contributed by atoms with E-state index < -0.39 is 79.0 Å². The van der Waals surface area contributed by atoms with E-state index in [1.807, 2.05) is 24.3 Å². The Morgan fingerprint density at radius 3 is 1.74 bits per heavy atom. The SMILES string of the molecule is NC(=O)CC(NC(=O)C(N)Cc1c[nH]c2ccccc12)C(=O)NC(Cc1c[nH]c2ccccc12)C(=O)NC(CCC(=O)O)C(=O)O. The smallest absolute Gasteiger partial charge is 0.326 e. The number of carboxylic acids is 2. The number of primary amides is 1. The number of aromatic amines is 2. The van der Waals surface area contributed by atoms with Crippen LogP contribution < -0.4 is 27.4 Å². The van der Waals surface area contributed by atoms with E-state index in [0.29, 0.717) is 5.56 Å². The van der Waals surface area contributed by atoms with Crippen molar-refractivity contribution in [1.29, 1.82) is 0 Å². The molecule has 4 amide bonds. The van der Waals surface area contributed by atoms with Crippen molar-refractivity contribution in [2.75, 3.05) is 0 Å². The maximum Gasteiger partial charge on any atom is 0.326 e. The first-order valence-electron chi connectivity index (χ1n) is 14.4. The number of rotatable bonds is 16. The second-order valence-corrected chi connectivity index (χ2v) is 10.9. The molecule has 4 rings (SSSR count). The second-order valence-electron chi connectivity index (χ2n) is 10.9. The summed E-state index contributed by atoms with van der Waals surface area (Å²) in [4.78, 5) is 80.9. The molecule has 0 aliphatic carbocycles. The van der Waals surface area contributed by atoms with E-state index in [9.17, 15) is 33.9 Å². The van der Waals surface area contributed by atoms with Gasteiger partial charge in [0.25, 0.3) is 0 Å². The Balaban J connectivity index is 1.53. The van der Waals surface area contributed by atoms with Gasteiger partial charge < -0.3 is 47.6 Å². The fourth-order valence-electron chi connectivity index (χ4n) is 5.12. The molecule has 242 valence electrons. The molecule has 0 fully saturated rings. The van der Waals surface area contributed by atoms with E-state index in [1.54, 1.807) is 36.7 Å². The van der Waals surface area contributed by atoms with Gasteiger partial charge in [-0.25, -0.2) is 4.79 Å². The average Bonchev–Trinajstić information content (AvgIpc) is 3.61. The van der Waals surface area contributed by atoms with Gasteiger partial charge in [-0.3, -0.25) is 24.0 Å². The predicted octanol–water partition coefficient (Wildman–Crippen LogP) is 0.0409. The zero-order valence-electron chi connectivity index (χ0n) is 24.6. The van der Waals surface area contributed by atoms with Gasteiger partial charge in [-0.05, 0) is 36.1 Å². The Hall–Kier alpha value is -5.70. The molecule has 0 radical (unpaired) electrons. The third kappa shape index (κ3) is 8.47. The van der Waals surface area contributed by atoms with Crippen LogP contribution in [0.15, 0.2) is 60.9 Å². The van der Waals surface area contributed by atoms with Gasteiger partial charge in [0.1, 0.15) is 18.1 Å². The Morgan fingerprint density at radius 1 is 0.696 bits per heavy atom. The number of aromatic nitrogens is 2. The van der Waals surface area contributed by atoms with Crippen LogP contribution in [0.1, 0.15) is 30.4 Å². The number of hydrogen-bond donors (Lipinski definition) is 9. The third-order valence-corrected chi connectivity index (χ3v) is 7.48. The number of hydrogen-bond acceptors (Lipinski definition) is 7. The first-order valence-corrected chi connectivity index (χ1v) is 14.4. The van der Waals surface area contributed by atoms with Crippen LogP contribution in [0.25, 0.3) is 21.8 Å². The quantitative estimate of drug-likeness (QED) is 0.0805. The number of fused-ring (bicyclic) bond motifs is 2. The number of carboxylic acid groups (broad SMARTS) is 2. The molecular weight excluding hydrogens is 598 g/mol. The van der Waals surface area contributed by atoms with Crippen LogP contribution in [0.2, 0.25) is 0 Å². The molecule has 2 aromatic carbocycles. The number of carbonyl (C=O) groups excluding carboxylic acids is 4. The van der Waals surface area contributed by atoms with Gasteiger partial charge in [0.05, 0.1) is 12.5 Å². The summed E-state index contributed by atoms with van der Waals surface area (Å²) in [5, 5.41) is 27.4. The van der Waals surface area contributed by atoms with Crippen molar-refractivity contribution in [3.63, 3.8) is 0 Å². The van der Waals surface area contributed by atoms with E-state index in [1.165, 1.54) is 0 Å². The molecule has 15 heteroatoms. The average molecular weight is 634 g/mol. The monoisotopic (exact) mass is 633 g/mol. The molecule has 4 atom stereocenters. The zero-order chi connectivity index (χ0) is 33.4. The lowest BCUT2D eigenvalue weighted by Gasteiger charge is -2.25. The molecule has 4 aromatic rings. The van der Waals surface area contributed by atoms with Crippen LogP contribution in [0.5, 0.6) is 0 Å². The van der Waals surface area contributed by atoms with Gasteiger partial charge in [-0.2, -0.15) is 0 Å². The van der Waals surface area contributed by atoms with Crippen molar-refractivity contribution in [3.05, 3.63) is 72.1 Å². The van der Waals surface area contributed by atoms with Crippen molar-refractivity contribution in [2.24, 2.45) is 11.5 Å². The number of H-pyrrole nitrogens is 2. The fourth-order valence-corrected chi connectivity index (χ4v) is 5.12. The summed E-state index contributed by atoms with van der Waals surface area (Å²) in [5.74, 6) is -6.24. The summed E-state index contributed by atoms with van der Waals surface area (Å²) < 4.78 is 0. The molecule has 0 saturated carbocycles. The molecular formula is C31H35N7O8. The van der Waals surface area contributed by atoms with Gasteiger partial charge >= 0.3 is 11.9 Å². The Labute approximate surface area is 262 Å². The minimum atomic E-state index is -1.56. The molecule has 2 aromatic heterocycles. The highest BCUT2D eigenvalue weighted by atomic mass is 16.4. The van der Waals surface area contributed by atoms with Crippen LogP contribution in [0.3, 0.4) is 0 Å². The molecule has 0 spiro atoms. The Kier molecular flexibility index (Phi) is 10.7. The molecule has 4 unspecified atom stereocenters. The maximum atomic E-state index is 13.5. The number of aliphatic carboxylic acids is 2. The van der Waals surface area contributed by atoms with Gasteiger partial charge in [0, 0.05) is 47.0 Å². The number of carbonyl (C=O) groups is 6. The van der Waals surface area contributed by atoms with Gasteiger partial charge in [-0.15, -0.1) is 0 Å². The molecule has 46 heavy (non-hydrogen) atoms. The van der Waals surface area contributed by atoms with Gasteiger partial charge in [-0.1, -0.05) is 36.4 Å². The minimum absolute atomic E-state index is 0.110. The van der Waals surface area contributed by atoms with Crippen molar-refractivity contribution >= 4 is 57.4 Å². The van der Waals surface area contributed by atoms with E-state index in [2.05, 4.69) is 25.9 Å². The highest BCUT2D eigenvalue weighted by Crippen LogP contribution is 2.20. The highest BCUT2D eigenvalue weighted by Gasteiger charge is 2.32. The predicted molar refractivity (Wildman–Crippen MR) is 166 cm³/mol. The summed E-state index contributed by atoms with van der Waals surface area (Å²) in [7, 11) is 0. The number of para-hydroxylation sites is 2. The second kappa shape index (κ2) is 14.9. The van der Waals surface area contributed by atoms with E-state index in [0.717, 1.165) is 27.4 Å². The van der Waals surface area contributed by atoms with Crippen LogP contribution in [0.4, 0.5) is 0 Å². The van der Waals surface area contributed by atoms with Crippen LogP contribution >= 0.6 is 0 Å². The van der Waals surface area contributed by atoms with E-state index in [-0.39, 0.29) is 12.8 Å². The molecule has 0 bridgehead atoms. The standard InChI is InChI=1S/C31H35N7O8/c32-20(11-16-14-34-21-7-3-1-5-18(16)21)28(42)37-25(13-26(33)39)30(44)38-24(12-17-15-35-22-8-4-2-6-19(17)22)29(43)36-23(31(45)46)9-10-27(40)41/h1-8,14-15,20,23-25,34-35H,9-13,32H2,(H2,33,39)(H,36,43)(H,37,42)(H,38,44)(H,40,41)(H,45,46). The van der Waals surface area contributed by atoms with E-state index >= 15 is 0 Å². The molecule has 2 heterocycles. The molecule has 0 aliphatic heterocycles. The summed E-state index contributed by atoms with van der Waals surface area (Å²) in [6.45, 7) is 0. The topological polar surface area (TPSA) is 263 Å². The molecule has 11 N–H and O–H groups in total. The molecule has 0 saturated heterocycles. The van der Waals surface area contributed by atoms with Crippen molar-refractivity contribution < 1.29 is 39.0 Å². The number of nitrogens with one attached hydrogen (secondary N) is 5. The van der Waals surface area contributed by atoms with Crippen LogP contribution in [0, 0.1) is 0 Å². The van der Waals surface area contributed by atoms with Gasteiger partial charge in [0.15, 0.2) is 0 Å². The Bertz CT molecular complexity index is 1760. The highest BCUT2D eigenvalue weighted by molar-refractivity contribution is 5.97. The largest absolute Gasteiger partial charge is 0.481 e. The fraction of sp³-hybridized carbons (Fsp3) is 0.290. The number of benzene rings is 2. The van der Waals surface area contributed by atoms with Crippen molar-refractivity contribution in [2.45, 2.75) is 56.3 Å². The normalized spacial score (nSPS) is 13.8. The third-order valence-electron chi connectivity index (χ3n) is 7.48. The number of nitrogens with two attached hydrogens (primary N) is 2. The number of amides is 4. The van der Waals surface area contributed by atoms with E-state index in [4.69, 9.17) is 16.6 Å². The van der Waals surface area contributed by atoms with Crippen LogP contribution in [-0.4, -0.2) is 79.9 Å². The zero-order valence-corrected chi connectivity index (χ0v) is 24.6. The summed E-state index contributed by atoms with van der Waals surface area (Å²) in [6.07, 6.45) is 1.79. The first-order chi connectivity index (χ1) is 21.9. The van der Waals surface area contributed by atoms with Crippen molar-refractivity contribution in [1.82, 2.24) is 25.9 Å². The molecule has 0 aliphatic rings. The van der Waals surface area contributed by atoms with Crippen molar-refractivity contribution in [3.8, 4) is 0 Å². The Morgan fingerprint density at radius 2 is 1.20 bits per heavy atom. The maximum absolute atomic E-state index is 13.5. The lowest BCUT2D eigenvalue weighted by molar-refractivity contribution is -0.143. The summed E-state index contributed by atoms with van der Waals surface area (Å²) in [6, 6.07) is 9.01. The minimum Gasteiger partial charge on any atom is -0.481 e. The van der Waals surface area contributed by atoms with Crippen LogP contribution in [-0.2, 0) is 41.6 Å². The lowest BCUT2D eigenvalue weighted by atomic mass is 10.0. The lowest BCUT2D eigenvalue weighted by Crippen LogP contribution is -2.58. The summed E-state index contributed by atoms with van der Waals surface area (Å²) >= 11 is 0. The first kappa shape index (κ1) is 33.2. The van der Waals surface area contributed by atoms with Gasteiger partial charge in [0.2, 0.25) is 23.6 Å².